The highest BCUT2D eigenvalue weighted by molar-refractivity contribution is 7.51. The maximum atomic E-state index is 12.7. The number of carbonyl (C=O) groups is 1. The molecule has 0 aromatic carbocycles. The predicted molar refractivity (Wildman–Crippen MR) is 80.9 cm³/mol. The van der Waals surface area contributed by atoms with Gasteiger partial charge in [0.2, 0.25) is 0 Å². The average molecular weight is 356 g/mol. The third kappa shape index (κ3) is 3.66. The number of esters is 1. The minimum atomic E-state index is -3.66. The van der Waals surface area contributed by atoms with Gasteiger partial charge in [0.15, 0.2) is 0 Å². The molecule has 0 aromatic heterocycles. The summed E-state index contributed by atoms with van der Waals surface area (Å²) in [4.78, 5) is 11.0. The lowest BCUT2D eigenvalue weighted by Gasteiger charge is -2.36. The molecule has 128 valence electrons. The molecule has 0 aromatic rings. The van der Waals surface area contributed by atoms with Crippen molar-refractivity contribution in [2.45, 2.75) is 70.0 Å². The van der Waals surface area contributed by atoms with Gasteiger partial charge in [-0.25, -0.2) is 9.65 Å². The second-order valence-corrected chi connectivity index (χ2v) is 8.66. The fraction of sp³-hybridized carbons (Fsp3) is 0.923. The largest absolute Gasteiger partial charge is 0.462 e. The lowest BCUT2D eigenvalue weighted by molar-refractivity contribution is -0.149. The van der Waals surface area contributed by atoms with Crippen LogP contribution in [-0.2, 0) is 27.9 Å². The number of hydrogen-bond acceptors (Lipinski definition) is 6. The molecule has 0 spiro atoms. The van der Waals surface area contributed by atoms with E-state index < -0.39 is 30.7 Å². The number of halogens is 1. The van der Waals surface area contributed by atoms with Crippen LogP contribution in [0.1, 0.15) is 34.6 Å². The SMILES string of the molecule is CC(C)OC(=O)[C@@H](C)NP1(=O)OC[C@H]2O[C@@H](C)[C@](C)(Cl)[C@@H]2O1. The Bertz CT molecular complexity index is 485. The van der Waals surface area contributed by atoms with Gasteiger partial charge in [0.25, 0.3) is 0 Å². The molecule has 7 nitrogen and oxygen atoms in total. The standard InChI is InChI=1S/C13H23ClNO6P/c1-7(2)19-12(16)8(3)15-22(17)18-6-10-11(21-22)13(5,14)9(4)20-10/h7-11H,6H2,1-5H3,(H,15,17)/t8-,9+,10-,11-,13+,22?/m1/s1. The average Bonchev–Trinajstić information content (AvgIpc) is 2.60. The molecule has 0 aliphatic carbocycles. The van der Waals surface area contributed by atoms with E-state index in [0.29, 0.717) is 0 Å². The van der Waals surface area contributed by atoms with Gasteiger partial charge in [-0.3, -0.25) is 13.8 Å². The summed E-state index contributed by atoms with van der Waals surface area (Å²) in [5, 5.41) is 2.59. The molecule has 1 N–H and O–H groups in total. The Hall–Kier alpha value is -0.170. The van der Waals surface area contributed by atoms with Crippen LogP contribution in [0.25, 0.3) is 0 Å². The highest BCUT2D eigenvalue weighted by atomic mass is 35.5. The Kier molecular flexibility index (Phi) is 5.27. The fourth-order valence-corrected chi connectivity index (χ4v) is 4.47. The number of alkyl halides is 1. The maximum Gasteiger partial charge on any atom is 0.406 e. The molecule has 0 radical (unpaired) electrons. The van der Waals surface area contributed by atoms with Gasteiger partial charge in [-0.05, 0) is 34.6 Å². The summed E-state index contributed by atoms with van der Waals surface area (Å²) in [6.07, 6.45) is -1.48. The molecule has 2 aliphatic rings. The number of carbonyl (C=O) groups excluding carboxylic acids is 1. The zero-order valence-electron chi connectivity index (χ0n) is 13.4. The van der Waals surface area contributed by atoms with E-state index in [9.17, 15) is 9.36 Å². The van der Waals surface area contributed by atoms with E-state index in [1.807, 2.05) is 6.92 Å². The first-order chi connectivity index (χ1) is 10.0. The highest BCUT2D eigenvalue weighted by Crippen LogP contribution is 2.55. The zero-order chi connectivity index (χ0) is 16.7. The van der Waals surface area contributed by atoms with Crippen LogP contribution in [0.2, 0.25) is 0 Å². The topological polar surface area (TPSA) is 83.1 Å². The zero-order valence-corrected chi connectivity index (χ0v) is 15.0. The van der Waals surface area contributed by atoms with Crippen molar-refractivity contribution in [1.29, 1.82) is 0 Å². The molecule has 2 heterocycles. The Morgan fingerprint density at radius 3 is 2.68 bits per heavy atom. The fourth-order valence-electron chi connectivity index (χ4n) is 2.40. The molecular weight excluding hydrogens is 333 g/mol. The van der Waals surface area contributed by atoms with Crippen molar-refractivity contribution in [3.8, 4) is 0 Å². The molecule has 2 rings (SSSR count). The van der Waals surface area contributed by atoms with Crippen LogP contribution in [0, 0.1) is 0 Å². The number of nitrogens with one attached hydrogen (secondary N) is 1. The molecule has 2 fully saturated rings. The van der Waals surface area contributed by atoms with E-state index in [2.05, 4.69) is 5.09 Å². The number of ether oxygens (including phenoxy) is 2. The molecular formula is C13H23ClNO6P. The lowest BCUT2D eigenvalue weighted by atomic mass is 9.98. The molecule has 6 atom stereocenters. The summed E-state index contributed by atoms with van der Waals surface area (Å²) in [6, 6.07) is -0.828. The van der Waals surface area contributed by atoms with Crippen LogP contribution in [0.4, 0.5) is 0 Å². The lowest BCUT2D eigenvalue weighted by Crippen LogP contribution is -2.47. The minimum Gasteiger partial charge on any atom is -0.462 e. The Balaban J connectivity index is 2.03. The second-order valence-electron chi connectivity index (χ2n) is 6.12. The van der Waals surface area contributed by atoms with Gasteiger partial charge < -0.3 is 9.47 Å². The van der Waals surface area contributed by atoms with Crippen LogP contribution in [-0.4, -0.2) is 47.9 Å². The molecule has 2 aliphatic heterocycles. The third-order valence-electron chi connectivity index (χ3n) is 3.79. The molecule has 0 saturated carbocycles. The van der Waals surface area contributed by atoms with E-state index in [1.54, 1.807) is 20.8 Å². The van der Waals surface area contributed by atoms with Crippen LogP contribution in [0.5, 0.6) is 0 Å². The van der Waals surface area contributed by atoms with Crippen LogP contribution in [0.3, 0.4) is 0 Å². The highest BCUT2D eigenvalue weighted by Gasteiger charge is 2.57. The molecule has 1 unspecified atom stereocenters. The van der Waals surface area contributed by atoms with Crippen molar-refractivity contribution in [2.24, 2.45) is 0 Å². The van der Waals surface area contributed by atoms with Gasteiger partial charge in [0, 0.05) is 0 Å². The van der Waals surface area contributed by atoms with E-state index in [4.69, 9.17) is 30.1 Å². The van der Waals surface area contributed by atoms with Crippen LogP contribution >= 0.6 is 19.3 Å². The smallest absolute Gasteiger partial charge is 0.406 e. The molecule has 0 bridgehead atoms. The number of hydrogen-bond donors (Lipinski definition) is 1. The van der Waals surface area contributed by atoms with Gasteiger partial charge in [0.05, 0.1) is 23.7 Å². The first-order valence-corrected chi connectivity index (χ1v) is 9.23. The molecule has 2 saturated heterocycles. The summed E-state index contributed by atoms with van der Waals surface area (Å²) < 4.78 is 34.3. The van der Waals surface area contributed by atoms with E-state index in [1.165, 1.54) is 6.92 Å². The minimum absolute atomic E-state index is 0.0908. The molecule has 0 amide bonds. The summed E-state index contributed by atoms with van der Waals surface area (Å²) in [5.41, 5.74) is 0. The monoisotopic (exact) mass is 355 g/mol. The van der Waals surface area contributed by atoms with Crippen LogP contribution in [0.15, 0.2) is 0 Å². The van der Waals surface area contributed by atoms with Crippen LogP contribution < -0.4 is 5.09 Å². The predicted octanol–water partition coefficient (Wildman–Crippen LogP) is 2.22. The maximum absolute atomic E-state index is 12.7. The van der Waals surface area contributed by atoms with Crippen molar-refractivity contribution in [3.63, 3.8) is 0 Å². The van der Waals surface area contributed by atoms with E-state index in [0.717, 1.165) is 0 Å². The van der Waals surface area contributed by atoms with E-state index >= 15 is 0 Å². The Morgan fingerprint density at radius 1 is 1.45 bits per heavy atom. The normalized spacial score (nSPS) is 43.0. The Morgan fingerprint density at radius 2 is 2.09 bits per heavy atom. The van der Waals surface area contributed by atoms with Crippen molar-refractivity contribution >= 4 is 25.3 Å². The van der Waals surface area contributed by atoms with Gasteiger partial charge in [-0.15, -0.1) is 11.6 Å². The number of fused-ring (bicyclic) bond motifs is 1. The first kappa shape index (κ1) is 18.2. The Labute approximate surface area is 135 Å². The summed E-state index contributed by atoms with van der Waals surface area (Å²) in [7, 11) is -3.66. The van der Waals surface area contributed by atoms with Crippen molar-refractivity contribution in [1.82, 2.24) is 5.09 Å². The van der Waals surface area contributed by atoms with Gasteiger partial charge in [-0.1, -0.05) is 0 Å². The summed E-state index contributed by atoms with van der Waals surface area (Å²) in [6.45, 7) is 8.71. The summed E-state index contributed by atoms with van der Waals surface area (Å²) in [5.74, 6) is -0.524. The molecule has 9 heteroatoms. The first-order valence-electron chi connectivity index (χ1n) is 7.31. The van der Waals surface area contributed by atoms with Crippen molar-refractivity contribution in [3.05, 3.63) is 0 Å². The van der Waals surface area contributed by atoms with Gasteiger partial charge in [-0.2, -0.15) is 0 Å². The quantitative estimate of drug-likeness (QED) is 0.470. The molecule has 22 heavy (non-hydrogen) atoms. The summed E-state index contributed by atoms with van der Waals surface area (Å²) >= 11 is 6.44. The van der Waals surface area contributed by atoms with Crippen molar-refractivity contribution in [2.75, 3.05) is 6.61 Å². The third-order valence-corrected chi connectivity index (χ3v) is 6.01. The van der Waals surface area contributed by atoms with Gasteiger partial charge in [0.1, 0.15) is 18.2 Å². The van der Waals surface area contributed by atoms with Gasteiger partial charge >= 0.3 is 13.7 Å². The van der Waals surface area contributed by atoms with E-state index in [-0.39, 0.29) is 24.9 Å². The number of rotatable bonds is 4. The van der Waals surface area contributed by atoms with Crippen molar-refractivity contribution < 1.29 is 27.9 Å². The second kappa shape index (κ2) is 6.38.